The van der Waals surface area contributed by atoms with Gasteiger partial charge in [-0.1, -0.05) is 19.1 Å². The minimum Gasteiger partial charge on any atom is -0.433 e. The van der Waals surface area contributed by atoms with Crippen LogP contribution in [0, 0.1) is 5.92 Å². The van der Waals surface area contributed by atoms with E-state index in [2.05, 4.69) is 27.4 Å². The van der Waals surface area contributed by atoms with Crippen molar-refractivity contribution in [3.8, 4) is 5.75 Å². The zero-order valence-corrected chi connectivity index (χ0v) is 21.3. The molecule has 0 bridgehead atoms. The van der Waals surface area contributed by atoms with Crippen molar-refractivity contribution >= 4 is 35.6 Å². The van der Waals surface area contributed by atoms with Gasteiger partial charge in [0.15, 0.2) is 5.96 Å². The molecule has 182 valence electrons. The number of guanidine groups is 1. The highest BCUT2D eigenvalue weighted by Crippen LogP contribution is 2.31. The van der Waals surface area contributed by atoms with Crippen LogP contribution < -0.4 is 20.3 Å². The van der Waals surface area contributed by atoms with Crippen LogP contribution in [0.1, 0.15) is 20.3 Å². The number of ether oxygens (including phenoxy) is 2. The molecule has 0 amide bonds. The lowest BCUT2D eigenvalue weighted by molar-refractivity contribution is -0.0495. The van der Waals surface area contributed by atoms with Gasteiger partial charge in [0.1, 0.15) is 5.75 Å². The molecule has 0 saturated carbocycles. The molecule has 2 heterocycles. The number of rotatable bonds is 9. The Morgan fingerprint density at radius 3 is 2.72 bits per heavy atom. The summed E-state index contributed by atoms with van der Waals surface area (Å²) in [5, 5.41) is 6.83. The van der Waals surface area contributed by atoms with E-state index in [1.54, 1.807) is 12.1 Å². The van der Waals surface area contributed by atoms with Crippen molar-refractivity contribution in [2.45, 2.75) is 32.9 Å². The van der Waals surface area contributed by atoms with E-state index in [1.807, 2.05) is 19.1 Å². The van der Waals surface area contributed by atoms with Gasteiger partial charge in [-0.3, -0.25) is 9.89 Å². The van der Waals surface area contributed by atoms with Crippen LogP contribution in [0.3, 0.4) is 0 Å². The predicted molar refractivity (Wildman–Crippen MR) is 135 cm³/mol. The third kappa shape index (κ3) is 8.51. The second kappa shape index (κ2) is 14.0. The number of anilines is 1. The van der Waals surface area contributed by atoms with Crippen LogP contribution in [0.25, 0.3) is 0 Å². The fourth-order valence-electron chi connectivity index (χ4n) is 4.05. The largest absolute Gasteiger partial charge is 0.433 e. The summed E-state index contributed by atoms with van der Waals surface area (Å²) in [6.45, 7) is 9.06. The fourth-order valence-corrected chi connectivity index (χ4v) is 4.05. The standard InChI is InChI=1S/C22H35F2N5O2.HI/c1-3-25-22(26-14-17(2)15-28-10-12-30-13-11-28)27-18-8-9-29(16-18)19-6-4-5-7-20(19)31-21(23)24;/h4-7,17-18,21H,3,8-16H2,1-2H3,(H2,25,26,27);1H. The summed E-state index contributed by atoms with van der Waals surface area (Å²) in [6.07, 6.45) is 0.900. The Morgan fingerprint density at radius 1 is 1.25 bits per heavy atom. The van der Waals surface area contributed by atoms with Gasteiger partial charge in [-0.05, 0) is 31.4 Å². The van der Waals surface area contributed by atoms with Crippen molar-refractivity contribution in [3.05, 3.63) is 24.3 Å². The molecule has 2 N–H and O–H groups in total. The number of halogens is 3. The highest BCUT2D eigenvalue weighted by atomic mass is 127. The zero-order valence-electron chi connectivity index (χ0n) is 18.9. The smallest absolute Gasteiger partial charge is 0.387 e. The molecule has 2 aliphatic rings. The van der Waals surface area contributed by atoms with Gasteiger partial charge in [-0.15, -0.1) is 24.0 Å². The molecule has 0 radical (unpaired) electrons. The summed E-state index contributed by atoms with van der Waals surface area (Å²) in [5.41, 5.74) is 0.702. The lowest BCUT2D eigenvalue weighted by Crippen LogP contribution is -2.45. The Kier molecular flexibility index (Phi) is 11.7. The van der Waals surface area contributed by atoms with Gasteiger partial charge in [-0.25, -0.2) is 0 Å². The number of alkyl halides is 2. The van der Waals surface area contributed by atoms with E-state index in [1.165, 1.54) is 0 Å². The SMILES string of the molecule is CCNC(=NCC(C)CN1CCOCC1)NC1CCN(c2ccccc2OC(F)F)C1.I. The number of hydrogen-bond acceptors (Lipinski definition) is 5. The van der Waals surface area contributed by atoms with Crippen LogP contribution in [-0.2, 0) is 4.74 Å². The first-order valence-electron chi connectivity index (χ1n) is 11.2. The molecule has 2 unspecified atom stereocenters. The van der Waals surface area contributed by atoms with E-state index in [0.29, 0.717) is 18.2 Å². The number of morpholine rings is 1. The van der Waals surface area contributed by atoms with Gasteiger partial charge in [0.25, 0.3) is 0 Å². The van der Waals surface area contributed by atoms with Crippen molar-refractivity contribution in [1.29, 1.82) is 0 Å². The van der Waals surface area contributed by atoms with E-state index in [-0.39, 0.29) is 35.8 Å². The van der Waals surface area contributed by atoms with E-state index >= 15 is 0 Å². The van der Waals surface area contributed by atoms with Crippen LogP contribution in [0.5, 0.6) is 5.75 Å². The van der Waals surface area contributed by atoms with E-state index in [4.69, 9.17) is 14.5 Å². The number of para-hydroxylation sites is 2. The summed E-state index contributed by atoms with van der Waals surface area (Å²) in [4.78, 5) is 9.30. The molecule has 2 saturated heterocycles. The molecular formula is C22H36F2IN5O2. The van der Waals surface area contributed by atoms with Crippen molar-refractivity contribution < 1.29 is 18.3 Å². The fraction of sp³-hybridized carbons (Fsp3) is 0.682. The molecular weight excluding hydrogens is 531 g/mol. The Hall–Kier alpha value is -1.40. The average Bonchev–Trinajstić information content (AvgIpc) is 3.21. The van der Waals surface area contributed by atoms with Gasteiger partial charge >= 0.3 is 6.61 Å². The van der Waals surface area contributed by atoms with E-state index < -0.39 is 6.61 Å². The van der Waals surface area contributed by atoms with Crippen LogP contribution >= 0.6 is 24.0 Å². The Bertz CT molecular complexity index is 707. The molecule has 0 aromatic heterocycles. The maximum Gasteiger partial charge on any atom is 0.387 e. The molecule has 10 heteroatoms. The van der Waals surface area contributed by atoms with Crippen molar-refractivity contribution in [3.63, 3.8) is 0 Å². The molecule has 7 nitrogen and oxygen atoms in total. The van der Waals surface area contributed by atoms with E-state index in [0.717, 1.165) is 64.9 Å². The first-order valence-corrected chi connectivity index (χ1v) is 11.2. The first kappa shape index (κ1) is 26.8. The van der Waals surface area contributed by atoms with Crippen molar-refractivity contribution in [2.24, 2.45) is 10.9 Å². The Morgan fingerprint density at radius 2 is 2.00 bits per heavy atom. The lowest BCUT2D eigenvalue weighted by atomic mass is 10.1. The average molecular weight is 567 g/mol. The number of nitrogens with one attached hydrogen (secondary N) is 2. The molecule has 1 aromatic carbocycles. The number of aliphatic imine (C=N–C) groups is 1. The van der Waals surface area contributed by atoms with Crippen molar-refractivity contribution in [2.75, 3.05) is 63.9 Å². The van der Waals surface area contributed by atoms with Crippen molar-refractivity contribution in [1.82, 2.24) is 15.5 Å². The Labute approximate surface area is 206 Å². The highest BCUT2D eigenvalue weighted by molar-refractivity contribution is 14.0. The summed E-state index contributed by atoms with van der Waals surface area (Å²) < 4.78 is 35.6. The minimum atomic E-state index is -2.83. The second-order valence-corrected chi connectivity index (χ2v) is 8.16. The molecule has 0 spiro atoms. The third-order valence-electron chi connectivity index (χ3n) is 5.53. The van der Waals surface area contributed by atoms with Gasteiger partial charge in [0.2, 0.25) is 0 Å². The van der Waals surface area contributed by atoms with Crippen LogP contribution in [-0.4, -0.2) is 82.5 Å². The van der Waals surface area contributed by atoms with E-state index in [9.17, 15) is 8.78 Å². The predicted octanol–water partition coefficient (Wildman–Crippen LogP) is 3.01. The quantitative estimate of drug-likeness (QED) is 0.272. The molecule has 32 heavy (non-hydrogen) atoms. The summed E-state index contributed by atoms with van der Waals surface area (Å²) in [5.74, 6) is 1.47. The number of benzene rings is 1. The monoisotopic (exact) mass is 567 g/mol. The van der Waals surface area contributed by atoms with Gasteiger partial charge in [0.05, 0.1) is 18.9 Å². The summed E-state index contributed by atoms with van der Waals surface area (Å²) in [6, 6.07) is 7.15. The zero-order chi connectivity index (χ0) is 22.1. The molecule has 2 aliphatic heterocycles. The van der Waals surface area contributed by atoms with Crippen LogP contribution in [0.2, 0.25) is 0 Å². The summed E-state index contributed by atoms with van der Waals surface area (Å²) in [7, 11) is 0. The maximum absolute atomic E-state index is 12.7. The molecule has 1 aromatic rings. The van der Waals surface area contributed by atoms with Gasteiger partial charge < -0.3 is 25.0 Å². The van der Waals surface area contributed by atoms with Gasteiger partial charge in [-0.2, -0.15) is 8.78 Å². The third-order valence-corrected chi connectivity index (χ3v) is 5.53. The number of hydrogen-bond donors (Lipinski definition) is 2. The van der Waals surface area contributed by atoms with Crippen LogP contribution in [0.15, 0.2) is 29.3 Å². The normalized spacial score (nSPS) is 20.7. The molecule has 2 atom stereocenters. The molecule has 3 rings (SSSR count). The first-order chi connectivity index (χ1) is 15.0. The van der Waals surface area contributed by atoms with Crippen LogP contribution in [0.4, 0.5) is 14.5 Å². The molecule has 2 fully saturated rings. The minimum absolute atomic E-state index is 0. The maximum atomic E-state index is 12.7. The molecule has 0 aliphatic carbocycles. The topological polar surface area (TPSA) is 61.4 Å². The highest BCUT2D eigenvalue weighted by Gasteiger charge is 2.26. The van der Waals surface area contributed by atoms with Gasteiger partial charge in [0, 0.05) is 51.9 Å². The summed E-state index contributed by atoms with van der Waals surface area (Å²) >= 11 is 0. The lowest BCUT2D eigenvalue weighted by Gasteiger charge is -2.28. The number of nitrogens with zero attached hydrogens (tertiary/aromatic N) is 3. The Balaban J connectivity index is 0.00000363. The second-order valence-electron chi connectivity index (χ2n) is 8.16.